The largest absolute Gasteiger partial charge is 0.392 e. The minimum Gasteiger partial charge on any atom is -0.392 e. The van der Waals surface area contributed by atoms with Gasteiger partial charge in [0.25, 0.3) is 0 Å². The van der Waals surface area contributed by atoms with Crippen molar-refractivity contribution in [2.24, 2.45) is 34.5 Å². The Labute approximate surface area is 189 Å². The lowest BCUT2D eigenvalue weighted by Crippen LogP contribution is -2.82. The smallest absolute Gasteiger partial charge is 0.136 e. The fourth-order valence-corrected chi connectivity index (χ4v) is 10.7. The van der Waals surface area contributed by atoms with Crippen LogP contribution in [0.4, 0.5) is 0 Å². The highest BCUT2D eigenvalue weighted by atomic mass is 16.5. The second-order valence-electron chi connectivity index (χ2n) is 11.7. The van der Waals surface area contributed by atoms with Gasteiger partial charge in [0.1, 0.15) is 11.2 Å². The van der Waals surface area contributed by atoms with E-state index in [1.54, 1.807) is 21.3 Å². The fraction of sp³-hybridized carbons (Fsp3) is 1.00. The Morgan fingerprint density at radius 2 is 1.84 bits per heavy atom. The highest BCUT2D eigenvalue weighted by Crippen LogP contribution is 2.79. The van der Waals surface area contributed by atoms with E-state index in [0.717, 1.165) is 12.8 Å². The highest BCUT2D eigenvalue weighted by Gasteiger charge is 2.91. The fourth-order valence-electron chi connectivity index (χ4n) is 10.7. The van der Waals surface area contributed by atoms with Crippen LogP contribution < -0.4 is 0 Å². The van der Waals surface area contributed by atoms with Crippen molar-refractivity contribution in [3.63, 3.8) is 0 Å². The molecule has 8 nitrogen and oxygen atoms in total. The molecule has 0 amide bonds. The molecule has 8 heteroatoms. The number of nitrogens with zero attached hydrogens (tertiary/aromatic N) is 1. The van der Waals surface area contributed by atoms with Gasteiger partial charge in [-0.25, -0.2) is 0 Å². The molecule has 0 aromatic rings. The minimum atomic E-state index is -1.78. The average Bonchev–Trinajstić information content (AvgIpc) is 3.19. The van der Waals surface area contributed by atoms with E-state index < -0.39 is 34.9 Å². The van der Waals surface area contributed by atoms with E-state index in [4.69, 9.17) is 14.2 Å². The number of likely N-dealkylation sites (N-methyl/N-ethyl adjacent to an activating group) is 1. The van der Waals surface area contributed by atoms with Crippen LogP contribution in [0.2, 0.25) is 0 Å². The van der Waals surface area contributed by atoms with Crippen LogP contribution in [-0.4, -0.2) is 108 Å². The second kappa shape index (κ2) is 6.66. The van der Waals surface area contributed by atoms with Gasteiger partial charge in [0.05, 0.1) is 37.1 Å². The third-order valence-corrected chi connectivity index (χ3v) is 11.3. The molecule has 4 N–H and O–H groups in total. The molecule has 0 aromatic carbocycles. The maximum absolute atomic E-state index is 12.6. The standard InChI is InChI=1S/C24H39NO7/c1-5-25-10-21(11-30-2)7-6-15(26)23-13-8-12-14(31-3)9-22(28,16(13)17(12)32-4)24(29,20(23)25)19(27)18(21)23/h12-20,26-29H,5-11H2,1-4H3/t12-,13-,14+,15+,16-,17+,18-,19+,20+,21+,22-,23+,24+/m1/s1. The Morgan fingerprint density at radius 3 is 2.47 bits per heavy atom. The van der Waals surface area contributed by atoms with E-state index in [1.165, 1.54) is 0 Å². The normalized spacial score (nSPS) is 62.4. The summed E-state index contributed by atoms with van der Waals surface area (Å²) in [4.78, 5) is 2.23. The van der Waals surface area contributed by atoms with Gasteiger partial charge in [0.2, 0.25) is 0 Å². The van der Waals surface area contributed by atoms with Crippen LogP contribution in [0.1, 0.15) is 32.6 Å². The summed E-state index contributed by atoms with van der Waals surface area (Å²) in [5.41, 5.74) is -4.43. The van der Waals surface area contributed by atoms with Crippen LogP contribution in [0.5, 0.6) is 0 Å². The number of likely N-dealkylation sites (tertiary alicyclic amines) is 1. The number of ether oxygens (including phenoxy) is 3. The topological polar surface area (TPSA) is 112 Å². The first-order valence-electron chi connectivity index (χ1n) is 12.3. The van der Waals surface area contributed by atoms with Crippen LogP contribution in [-0.2, 0) is 14.2 Å². The summed E-state index contributed by atoms with van der Waals surface area (Å²) in [6.07, 6.45) is 0.0262. The maximum atomic E-state index is 12.6. The summed E-state index contributed by atoms with van der Waals surface area (Å²) >= 11 is 0. The summed E-state index contributed by atoms with van der Waals surface area (Å²) in [5.74, 6) is -0.671. The van der Waals surface area contributed by atoms with Gasteiger partial charge in [-0.05, 0) is 31.7 Å². The van der Waals surface area contributed by atoms with Crippen LogP contribution in [0.3, 0.4) is 0 Å². The van der Waals surface area contributed by atoms with Crippen LogP contribution in [0.15, 0.2) is 0 Å². The van der Waals surface area contributed by atoms with Gasteiger partial charge in [-0.1, -0.05) is 6.92 Å². The third kappa shape index (κ3) is 1.99. The molecule has 1 spiro atoms. The van der Waals surface area contributed by atoms with Crippen molar-refractivity contribution in [2.45, 2.75) is 74.3 Å². The molecule has 182 valence electrons. The minimum absolute atomic E-state index is 0.0732. The summed E-state index contributed by atoms with van der Waals surface area (Å²) in [6, 6.07) is -0.515. The molecule has 13 atom stereocenters. The molecule has 1 saturated heterocycles. The Bertz CT molecular complexity index is 798. The van der Waals surface area contributed by atoms with Crippen molar-refractivity contribution < 1.29 is 34.6 Å². The summed E-state index contributed by atoms with van der Waals surface area (Å²) in [6.45, 7) is 3.90. The van der Waals surface area contributed by atoms with Gasteiger partial charge in [0.15, 0.2) is 0 Å². The average molecular weight is 454 g/mol. The molecule has 1 heterocycles. The molecule has 6 aliphatic rings. The first kappa shape index (κ1) is 22.2. The summed E-state index contributed by atoms with van der Waals surface area (Å²) < 4.78 is 17.5. The quantitative estimate of drug-likeness (QED) is 0.446. The van der Waals surface area contributed by atoms with Gasteiger partial charge in [-0.2, -0.15) is 0 Å². The predicted molar refractivity (Wildman–Crippen MR) is 114 cm³/mol. The Kier molecular flexibility index (Phi) is 4.62. The highest BCUT2D eigenvalue weighted by molar-refractivity contribution is 5.41. The first-order chi connectivity index (χ1) is 15.2. The second-order valence-corrected chi connectivity index (χ2v) is 11.7. The van der Waals surface area contributed by atoms with E-state index in [0.29, 0.717) is 26.1 Å². The van der Waals surface area contributed by atoms with E-state index >= 15 is 0 Å². The number of rotatable bonds is 5. The first-order valence-corrected chi connectivity index (χ1v) is 12.3. The van der Waals surface area contributed by atoms with E-state index in [9.17, 15) is 20.4 Å². The van der Waals surface area contributed by atoms with E-state index in [1.807, 2.05) is 0 Å². The number of hydrogen-bond donors (Lipinski definition) is 4. The molecule has 6 rings (SSSR count). The van der Waals surface area contributed by atoms with Gasteiger partial charge >= 0.3 is 0 Å². The van der Waals surface area contributed by atoms with Gasteiger partial charge in [-0.15, -0.1) is 0 Å². The predicted octanol–water partition coefficient (Wildman–Crippen LogP) is -0.383. The third-order valence-electron chi connectivity index (χ3n) is 11.3. The lowest BCUT2D eigenvalue weighted by molar-refractivity contribution is -0.318. The number of aliphatic hydroxyl groups is 4. The Morgan fingerprint density at radius 1 is 1.09 bits per heavy atom. The van der Waals surface area contributed by atoms with E-state index in [-0.39, 0.29) is 47.7 Å². The summed E-state index contributed by atoms with van der Waals surface area (Å²) in [5, 5.41) is 48.9. The zero-order chi connectivity index (χ0) is 22.8. The monoisotopic (exact) mass is 453 g/mol. The van der Waals surface area contributed by atoms with Gasteiger partial charge in [-0.3, -0.25) is 4.90 Å². The molecule has 0 radical (unpaired) electrons. The number of methoxy groups -OCH3 is 3. The molecule has 0 aromatic heterocycles. The van der Waals surface area contributed by atoms with Crippen LogP contribution in [0, 0.1) is 34.5 Å². The molecule has 7 bridgehead atoms. The number of fused-ring (bicyclic) bond motifs is 2. The van der Waals surface area contributed by atoms with Gasteiger partial charge in [0, 0.05) is 62.9 Å². The van der Waals surface area contributed by atoms with Crippen molar-refractivity contribution in [3.8, 4) is 0 Å². The molecule has 5 aliphatic carbocycles. The molecule has 1 aliphatic heterocycles. The zero-order valence-corrected chi connectivity index (χ0v) is 19.6. The van der Waals surface area contributed by atoms with Crippen molar-refractivity contribution >= 4 is 0 Å². The van der Waals surface area contributed by atoms with E-state index in [2.05, 4.69) is 11.8 Å². The van der Waals surface area contributed by atoms with Crippen LogP contribution >= 0.6 is 0 Å². The van der Waals surface area contributed by atoms with Crippen molar-refractivity contribution in [1.82, 2.24) is 4.90 Å². The number of aliphatic hydroxyl groups excluding tert-OH is 2. The molecular formula is C24H39NO7. The van der Waals surface area contributed by atoms with Crippen molar-refractivity contribution in [1.29, 1.82) is 0 Å². The molecule has 0 unspecified atom stereocenters. The molecule has 5 saturated carbocycles. The van der Waals surface area contributed by atoms with Crippen molar-refractivity contribution in [2.75, 3.05) is 41.0 Å². The lowest BCUT2D eigenvalue weighted by atomic mass is 9.42. The van der Waals surface area contributed by atoms with Crippen molar-refractivity contribution in [3.05, 3.63) is 0 Å². The lowest BCUT2D eigenvalue weighted by Gasteiger charge is -2.69. The molecular weight excluding hydrogens is 414 g/mol. The van der Waals surface area contributed by atoms with Crippen LogP contribution in [0.25, 0.3) is 0 Å². The molecule has 6 fully saturated rings. The molecule has 32 heavy (non-hydrogen) atoms. The maximum Gasteiger partial charge on any atom is 0.136 e. The number of piperidine rings is 1. The number of hydrogen-bond acceptors (Lipinski definition) is 8. The Balaban J connectivity index is 1.65. The van der Waals surface area contributed by atoms with Gasteiger partial charge < -0.3 is 34.6 Å². The zero-order valence-electron chi connectivity index (χ0n) is 19.6. The summed E-state index contributed by atoms with van der Waals surface area (Å²) in [7, 11) is 5.00. The Hall–Kier alpha value is -0.320. The SMILES string of the molecule is CCN1C[C@]2(COC)CC[C@H](O)[C@@]34[C@@H]5C[C@H]6[C@H](OC)[C@@H]5[C@](O)(C[C@@H]6OC)[C@](O)([C@@H](O)[C@H]23)[C@@H]14.